The normalized spacial score (nSPS) is 11.8. The standard InChI is InChI=1S/C15H13ClFNO3/c1-21-15(20)14(12-8-10(17)4-7-13(12)19)18-11-5-2-9(16)3-6-11/h2-8,14,18-19H,1H3. The number of esters is 1. The molecular formula is C15H13ClFNO3. The first-order valence-corrected chi connectivity index (χ1v) is 6.47. The van der Waals surface area contributed by atoms with Crippen molar-refractivity contribution in [3.63, 3.8) is 0 Å². The Hall–Kier alpha value is -2.27. The number of rotatable bonds is 4. The molecule has 1 unspecified atom stereocenters. The van der Waals surface area contributed by atoms with Gasteiger partial charge < -0.3 is 15.2 Å². The Labute approximate surface area is 126 Å². The highest BCUT2D eigenvalue weighted by Gasteiger charge is 2.24. The highest BCUT2D eigenvalue weighted by Crippen LogP contribution is 2.29. The molecule has 0 bridgehead atoms. The van der Waals surface area contributed by atoms with Crippen molar-refractivity contribution in [2.45, 2.75) is 6.04 Å². The van der Waals surface area contributed by atoms with Gasteiger partial charge in [0.1, 0.15) is 11.6 Å². The summed E-state index contributed by atoms with van der Waals surface area (Å²) in [5.41, 5.74) is 0.676. The van der Waals surface area contributed by atoms with Gasteiger partial charge in [0.2, 0.25) is 0 Å². The second kappa shape index (κ2) is 6.45. The van der Waals surface area contributed by atoms with E-state index in [2.05, 4.69) is 5.32 Å². The van der Waals surface area contributed by atoms with Crippen molar-refractivity contribution in [3.8, 4) is 5.75 Å². The maximum Gasteiger partial charge on any atom is 0.333 e. The van der Waals surface area contributed by atoms with Crippen molar-refractivity contribution in [1.29, 1.82) is 0 Å². The van der Waals surface area contributed by atoms with Crippen molar-refractivity contribution >= 4 is 23.3 Å². The van der Waals surface area contributed by atoms with Crippen LogP contribution < -0.4 is 5.32 Å². The smallest absolute Gasteiger partial charge is 0.333 e. The highest BCUT2D eigenvalue weighted by atomic mass is 35.5. The van der Waals surface area contributed by atoms with Crippen molar-refractivity contribution < 1.29 is 19.0 Å². The minimum atomic E-state index is -1.04. The number of ether oxygens (including phenoxy) is 1. The third-order valence-corrected chi connectivity index (χ3v) is 3.14. The fraction of sp³-hybridized carbons (Fsp3) is 0.133. The molecule has 0 heterocycles. The molecule has 2 aromatic carbocycles. The highest BCUT2D eigenvalue weighted by molar-refractivity contribution is 6.30. The molecule has 0 radical (unpaired) electrons. The average Bonchev–Trinajstić information content (AvgIpc) is 2.48. The first-order chi connectivity index (χ1) is 10.0. The van der Waals surface area contributed by atoms with Gasteiger partial charge in [-0.15, -0.1) is 0 Å². The molecule has 0 aliphatic carbocycles. The average molecular weight is 310 g/mol. The molecule has 0 saturated carbocycles. The van der Waals surface area contributed by atoms with Crippen molar-refractivity contribution in [2.24, 2.45) is 0 Å². The van der Waals surface area contributed by atoms with Crippen molar-refractivity contribution in [1.82, 2.24) is 0 Å². The lowest BCUT2D eigenvalue weighted by atomic mass is 10.0. The Morgan fingerprint density at radius 1 is 1.29 bits per heavy atom. The number of methoxy groups -OCH3 is 1. The molecule has 0 saturated heterocycles. The van der Waals surface area contributed by atoms with Gasteiger partial charge in [-0.3, -0.25) is 0 Å². The number of carbonyl (C=O) groups is 1. The van der Waals surface area contributed by atoms with Gasteiger partial charge in [0.25, 0.3) is 0 Å². The lowest BCUT2D eigenvalue weighted by Gasteiger charge is -2.19. The van der Waals surface area contributed by atoms with Crippen molar-refractivity contribution in [2.75, 3.05) is 12.4 Å². The van der Waals surface area contributed by atoms with Gasteiger partial charge in [-0.1, -0.05) is 11.6 Å². The number of hydrogen-bond acceptors (Lipinski definition) is 4. The summed E-state index contributed by atoms with van der Waals surface area (Å²) < 4.78 is 18.1. The topological polar surface area (TPSA) is 58.6 Å². The number of phenols is 1. The van der Waals surface area contributed by atoms with E-state index in [0.29, 0.717) is 10.7 Å². The van der Waals surface area contributed by atoms with Crippen LogP contribution in [0.2, 0.25) is 5.02 Å². The van der Waals surface area contributed by atoms with Gasteiger partial charge in [-0.2, -0.15) is 0 Å². The first kappa shape index (κ1) is 15.1. The van der Waals surface area contributed by atoms with Gasteiger partial charge in [-0.05, 0) is 42.5 Å². The second-order valence-corrected chi connectivity index (χ2v) is 4.75. The number of carbonyl (C=O) groups excluding carboxylic acids is 1. The minimum absolute atomic E-state index is 0.0943. The van der Waals surface area contributed by atoms with E-state index in [4.69, 9.17) is 16.3 Å². The largest absolute Gasteiger partial charge is 0.508 e. The molecule has 6 heteroatoms. The van der Waals surface area contributed by atoms with E-state index in [-0.39, 0.29) is 11.3 Å². The maximum atomic E-state index is 13.4. The number of phenolic OH excluding ortho intramolecular Hbond substituents is 1. The van der Waals surface area contributed by atoms with Gasteiger partial charge in [0, 0.05) is 16.3 Å². The molecule has 0 spiro atoms. The summed E-state index contributed by atoms with van der Waals surface area (Å²) in [6.45, 7) is 0. The number of hydrogen-bond donors (Lipinski definition) is 2. The lowest BCUT2D eigenvalue weighted by molar-refractivity contribution is -0.141. The van der Waals surface area contributed by atoms with E-state index in [1.54, 1.807) is 24.3 Å². The van der Waals surface area contributed by atoms with E-state index < -0.39 is 17.8 Å². The molecule has 21 heavy (non-hydrogen) atoms. The summed E-state index contributed by atoms with van der Waals surface area (Å²) >= 11 is 5.79. The van der Waals surface area contributed by atoms with Crippen LogP contribution in [0.1, 0.15) is 11.6 Å². The summed E-state index contributed by atoms with van der Waals surface area (Å²) in [5.74, 6) is -1.41. The summed E-state index contributed by atoms with van der Waals surface area (Å²) in [7, 11) is 1.22. The van der Waals surface area contributed by atoms with Gasteiger partial charge >= 0.3 is 5.97 Å². The second-order valence-electron chi connectivity index (χ2n) is 4.31. The zero-order chi connectivity index (χ0) is 15.4. The zero-order valence-corrected chi connectivity index (χ0v) is 11.9. The molecular weight excluding hydrogens is 297 g/mol. The van der Waals surface area contributed by atoms with Crippen LogP contribution in [0.15, 0.2) is 42.5 Å². The summed E-state index contributed by atoms with van der Waals surface area (Å²) in [4.78, 5) is 11.9. The molecule has 2 N–H and O–H groups in total. The monoisotopic (exact) mass is 309 g/mol. The van der Waals surface area contributed by atoms with Crippen LogP contribution in [-0.2, 0) is 9.53 Å². The molecule has 0 aliphatic heterocycles. The van der Waals surface area contributed by atoms with Crippen molar-refractivity contribution in [3.05, 3.63) is 58.9 Å². The summed E-state index contributed by atoms with van der Waals surface area (Å²) in [5, 5.41) is 13.3. The number of halogens is 2. The van der Waals surface area contributed by atoms with E-state index in [1.165, 1.54) is 13.2 Å². The first-order valence-electron chi connectivity index (χ1n) is 6.09. The molecule has 4 nitrogen and oxygen atoms in total. The van der Waals surface area contributed by atoms with Crippen LogP contribution in [0, 0.1) is 5.82 Å². The number of benzene rings is 2. The molecule has 2 aromatic rings. The maximum absolute atomic E-state index is 13.4. The molecule has 0 aliphatic rings. The quantitative estimate of drug-likeness (QED) is 0.849. The molecule has 0 amide bonds. The Morgan fingerprint density at radius 3 is 2.57 bits per heavy atom. The number of aromatic hydroxyl groups is 1. The lowest BCUT2D eigenvalue weighted by Crippen LogP contribution is -2.22. The zero-order valence-electron chi connectivity index (χ0n) is 11.1. The third kappa shape index (κ3) is 3.64. The number of nitrogens with one attached hydrogen (secondary N) is 1. The summed E-state index contributed by atoms with van der Waals surface area (Å²) in [6, 6.07) is 8.95. The molecule has 110 valence electrons. The fourth-order valence-corrected chi connectivity index (χ4v) is 1.98. The SMILES string of the molecule is COC(=O)C(Nc1ccc(Cl)cc1)c1cc(F)ccc1O. The molecule has 0 aromatic heterocycles. The Bertz CT molecular complexity index is 646. The summed E-state index contributed by atoms with van der Waals surface area (Å²) in [6.07, 6.45) is 0. The van der Waals surface area contributed by atoms with E-state index >= 15 is 0 Å². The minimum Gasteiger partial charge on any atom is -0.508 e. The third-order valence-electron chi connectivity index (χ3n) is 2.89. The van der Waals surface area contributed by atoms with Gasteiger partial charge in [0.05, 0.1) is 7.11 Å². The number of anilines is 1. The molecule has 2 rings (SSSR count). The molecule has 1 atom stereocenters. The van der Waals surface area contributed by atoms with Crippen LogP contribution >= 0.6 is 11.6 Å². The predicted molar refractivity (Wildman–Crippen MR) is 77.9 cm³/mol. The molecule has 0 fully saturated rings. The van der Waals surface area contributed by atoms with E-state index in [0.717, 1.165) is 12.1 Å². The van der Waals surface area contributed by atoms with Gasteiger partial charge in [0.15, 0.2) is 6.04 Å². The predicted octanol–water partition coefficient (Wildman–Crippen LogP) is 3.51. The Kier molecular flexibility index (Phi) is 4.65. The van der Waals surface area contributed by atoms with Crippen LogP contribution in [0.4, 0.5) is 10.1 Å². The Morgan fingerprint density at radius 2 is 1.95 bits per heavy atom. The van der Waals surface area contributed by atoms with Crippen LogP contribution in [-0.4, -0.2) is 18.2 Å². The van der Waals surface area contributed by atoms with E-state index in [9.17, 15) is 14.3 Å². The van der Waals surface area contributed by atoms with Gasteiger partial charge in [-0.25, -0.2) is 9.18 Å². The fourth-order valence-electron chi connectivity index (χ4n) is 1.85. The van der Waals surface area contributed by atoms with Crippen LogP contribution in [0.5, 0.6) is 5.75 Å². The van der Waals surface area contributed by atoms with Crippen LogP contribution in [0.3, 0.4) is 0 Å². The van der Waals surface area contributed by atoms with E-state index in [1.807, 2.05) is 0 Å². The Balaban J connectivity index is 2.36. The van der Waals surface area contributed by atoms with Crippen LogP contribution in [0.25, 0.3) is 0 Å².